The lowest BCUT2D eigenvalue weighted by Gasteiger charge is -2.24. The quantitative estimate of drug-likeness (QED) is 0.610. The van der Waals surface area contributed by atoms with Crippen molar-refractivity contribution in [3.63, 3.8) is 0 Å². The van der Waals surface area contributed by atoms with E-state index in [1.807, 2.05) is 20.8 Å². The van der Waals surface area contributed by atoms with E-state index in [0.717, 1.165) is 12.8 Å². The van der Waals surface area contributed by atoms with Gasteiger partial charge >= 0.3 is 5.97 Å². The van der Waals surface area contributed by atoms with Crippen molar-refractivity contribution in [1.82, 2.24) is 0 Å². The molecule has 5 heteroatoms. The van der Waals surface area contributed by atoms with Crippen LogP contribution in [-0.4, -0.2) is 11.6 Å². The Bertz CT molecular complexity index is 565. The van der Waals surface area contributed by atoms with Crippen LogP contribution in [0.3, 0.4) is 0 Å². The molecule has 2 rings (SSSR count). The van der Waals surface area contributed by atoms with Gasteiger partial charge in [-0.1, -0.05) is 24.9 Å². The molecule has 0 radical (unpaired) electrons. The van der Waals surface area contributed by atoms with Gasteiger partial charge in [-0.15, -0.1) is 0 Å². The second-order valence-corrected chi connectivity index (χ2v) is 5.23. The molecule has 0 N–H and O–H groups in total. The Morgan fingerprint density at radius 1 is 1.33 bits per heavy atom. The molecule has 0 saturated carbocycles. The average molecular weight is 271 g/mol. The molecule has 18 heavy (non-hydrogen) atoms. The molecule has 0 amide bonds. The van der Waals surface area contributed by atoms with Gasteiger partial charge in [-0.3, -0.25) is 9.15 Å². The molecule has 98 valence electrons. The third-order valence-electron chi connectivity index (χ3n) is 2.71. The number of halogens is 1. The van der Waals surface area contributed by atoms with E-state index in [0.29, 0.717) is 21.8 Å². The van der Waals surface area contributed by atoms with Crippen molar-refractivity contribution in [1.29, 1.82) is 0 Å². The largest absolute Gasteiger partial charge is 0.456 e. The summed E-state index contributed by atoms with van der Waals surface area (Å²) in [5, 5.41) is 0.417. The summed E-state index contributed by atoms with van der Waals surface area (Å²) in [5.74, 6) is -0.426. The smallest absolute Gasteiger partial charge is 0.342 e. The monoisotopic (exact) mass is 270 g/mol. The van der Waals surface area contributed by atoms with Crippen LogP contribution >= 0.6 is 11.6 Å². The number of benzene rings is 1. The summed E-state index contributed by atoms with van der Waals surface area (Å²) in [6.07, 6.45) is 1.74. The SMILES string of the molecule is CCCC(C)(C)OC(=O)c1ccc(Cl)c2ooc12. The Balaban J connectivity index is 2.23. The number of carbonyl (C=O) groups is 1. The summed E-state index contributed by atoms with van der Waals surface area (Å²) in [6.45, 7) is 5.81. The Hall–Kier alpha value is -1.42. The molecule has 0 spiro atoms. The molecule has 2 aromatic rings. The van der Waals surface area contributed by atoms with Crippen LogP contribution in [0.2, 0.25) is 5.02 Å². The molecule has 0 aliphatic heterocycles. The van der Waals surface area contributed by atoms with E-state index in [4.69, 9.17) is 25.5 Å². The molecule has 0 atom stereocenters. The van der Waals surface area contributed by atoms with Crippen molar-refractivity contribution in [2.75, 3.05) is 0 Å². The van der Waals surface area contributed by atoms with E-state index in [9.17, 15) is 4.79 Å². The lowest BCUT2D eigenvalue weighted by molar-refractivity contribution is -0.00572. The first-order valence-electron chi connectivity index (χ1n) is 5.85. The van der Waals surface area contributed by atoms with Gasteiger partial charge < -0.3 is 4.74 Å². The first kappa shape index (κ1) is 13.0. The third kappa shape index (κ3) is 2.38. The highest BCUT2D eigenvalue weighted by Crippen LogP contribution is 2.31. The fraction of sp³-hybridized carbons (Fsp3) is 0.462. The third-order valence-corrected chi connectivity index (χ3v) is 3.01. The zero-order chi connectivity index (χ0) is 13.3. The number of fused-ring (bicyclic) bond motifs is 1. The standard InChI is InChI=1S/C13H15ClO4/c1-4-7-13(2,3)16-12(15)8-5-6-9(14)11-10(8)17-18-11/h5-6H,4,7H2,1-3H3. The van der Waals surface area contributed by atoms with Gasteiger partial charge in [-0.25, -0.2) is 4.79 Å². The topological polar surface area (TPSA) is 52.6 Å². The molecule has 1 aromatic heterocycles. The summed E-state index contributed by atoms with van der Waals surface area (Å²) in [7, 11) is 0. The van der Waals surface area contributed by atoms with Crippen molar-refractivity contribution < 1.29 is 18.7 Å². The second kappa shape index (κ2) is 4.69. The highest BCUT2D eigenvalue weighted by molar-refractivity contribution is 6.35. The maximum atomic E-state index is 12.1. The summed E-state index contributed by atoms with van der Waals surface area (Å²) < 4.78 is 15.0. The van der Waals surface area contributed by atoms with Crippen LogP contribution in [0.15, 0.2) is 21.3 Å². The summed E-state index contributed by atoms with van der Waals surface area (Å²) in [6, 6.07) is 3.17. The fourth-order valence-electron chi connectivity index (χ4n) is 1.87. The Kier molecular flexibility index (Phi) is 3.39. The van der Waals surface area contributed by atoms with Gasteiger partial charge in [-0.2, -0.15) is 0 Å². The van der Waals surface area contributed by atoms with Gasteiger partial charge in [0.1, 0.15) is 11.2 Å². The molecule has 0 fully saturated rings. The molecule has 0 aliphatic carbocycles. The number of hydrogen-bond acceptors (Lipinski definition) is 4. The first-order chi connectivity index (χ1) is 8.44. The van der Waals surface area contributed by atoms with Gasteiger partial charge in [0.25, 0.3) is 0 Å². The van der Waals surface area contributed by atoms with Crippen LogP contribution in [0, 0.1) is 0 Å². The van der Waals surface area contributed by atoms with Gasteiger partial charge in [-0.05, 0) is 32.4 Å². The average Bonchev–Trinajstić information content (AvgIpc) is 2.19. The lowest BCUT2D eigenvalue weighted by Crippen LogP contribution is -2.28. The maximum absolute atomic E-state index is 12.1. The molecule has 0 aliphatic rings. The van der Waals surface area contributed by atoms with Crippen LogP contribution in [0.4, 0.5) is 0 Å². The predicted molar refractivity (Wildman–Crippen MR) is 67.9 cm³/mol. The van der Waals surface area contributed by atoms with E-state index in [-0.39, 0.29) is 0 Å². The van der Waals surface area contributed by atoms with Gasteiger partial charge in [0.05, 0.1) is 5.02 Å². The van der Waals surface area contributed by atoms with Crippen LogP contribution in [-0.2, 0) is 4.74 Å². The predicted octanol–water partition coefficient (Wildman–Crippen LogP) is 4.41. The summed E-state index contributed by atoms with van der Waals surface area (Å²) in [5.41, 5.74) is 0.576. The number of hydrogen-bond donors (Lipinski definition) is 0. The number of esters is 1. The number of carbonyl (C=O) groups excluding carboxylic acids is 1. The molecule has 1 aromatic carbocycles. The molecule has 4 nitrogen and oxygen atoms in total. The van der Waals surface area contributed by atoms with E-state index >= 15 is 0 Å². The zero-order valence-electron chi connectivity index (χ0n) is 10.6. The molecule has 0 bridgehead atoms. The van der Waals surface area contributed by atoms with Gasteiger partial charge in [0.15, 0.2) is 0 Å². The van der Waals surface area contributed by atoms with Crippen molar-refractivity contribution in [3.8, 4) is 0 Å². The van der Waals surface area contributed by atoms with Crippen LogP contribution in [0.5, 0.6) is 0 Å². The van der Waals surface area contributed by atoms with Gasteiger partial charge in [0.2, 0.25) is 11.2 Å². The lowest BCUT2D eigenvalue weighted by atomic mass is 10.0. The molecular formula is C13H15ClO4. The van der Waals surface area contributed by atoms with Crippen LogP contribution in [0.1, 0.15) is 44.0 Å². The first-order valence-corrected chi connectivity index (χ1v) is 6.23. The van der Waals surface area contributed by atoms with Gasteiger partial charge in [0, 0.05) is 0 Å². The minimum atomic E-state index is -0.497. The molecule has 0 unspecified atom stereocenters. The van der Waals surface area contributed by atoms with Crippen molar-refractivity contribution in [2.45, 2.75) is 39.2 Å². The highest BCUT2D eigenvalue weighted by atomic mass is 35.5. The van der Waals surface area contributed by atoms with Crippen LogP contribution < -0.4 is 0 Å². The molecule has 1 heterocycles. The van der Waals surface area contributed by atoms with E-state index < -0.39 is 11.6 Å². The number of rotatable bonds is 4. The maximum Gasteiger partial charge on any atom is 0.342 e. The van der Waals surface area contributed by atoms with Crippen molar-refractivity contribution in [3.05, 3.63) is 22.7 Å². The van der Waals surface area contributed by atoms with E-state index in [2.05, 4.69) is 0 Å². The number of ether oxygens (including phenoxy) is 1. The minimum absolute atomic E-state index is 0.338. The van der Waals surface area contributed by atoms with Crippen molar-refractivity contribution >= 4 is 28.7 Å². The highest BCUT2D eigenvalue weighted by Gasteiger charge is 2.27. The second-order valence-electron chi connectivity index (χ2n) is 4.82. The minimum Gasteiger partial charge on any atom is -0.456 e. The summed E-state index contributed by atoms with van der Waals surface area (Å²) in [4.78, 5) is 12.1. The fourth-order valence-corrected chi connectivity index (χ4v) is 2.05. The Labute approximate surface area is 110 Å². The normalized spacial score (nSPS) is 12.0. The zero-order valence-corrected chi connectivity index (χ0v) is 11.3. The Morgan fingerprint density at radius 3 is 2.56 bits per heavy atom. The van der Waals surface area contributed by atoms with Crippen molar-refractivity contribution in [2.24, 2.45) is 0 Å². The molecular weight excluding hydrogens is 256 g/mol. The van der Waals surface area contributed by atoms with E-state index in [1.165, 1.54) is 0 Å². The Morgan fingerprint density at radius 2 is 2.00 bits per heavy atom. The molecule has 0 saturated heterocycles. The van der Waals surface area contributed by atoms with Crippen LogP contribution in [0.25, 0.3) is 11.2 Å². The summed E-state index contributed by atoms with van der Waals surface area (Å²) >= 11 is 5.87. The van der Waals surface area contributed by atoms with E-state index in [1.54, 1.807) is 12.1 Å².